The lowest BCUT2D eigenvalue weighted by Crippen LogP contribution is -2.44. The molecule has 2 rings (SSSR count). The Bertz CT molecular complexity index is 577. The van der Waals surface area contributed by atoms with Crippen LogP contribution in [0.2, 0.25) is 0 Å². The van der Waals surface area contributed by atoms with Gasteiger partial charge in [-0.1, -0.05) is 44.4 Å². The maximum Gasteiger partial charge on any atom is 0.343 e. The number of hydrogen-bond acceptors (Lipinski definition) is 4. The Morgan fingerprint density at radius 1 is 1.38 bits per heavy atom. The number of nitrogens with zero attached hydrogens (tertiary/aromatic N) is 3. The Kier molecular flexibility index (Phi) is 7.40. The Labute approximate surface area is 148 Å². The van der Waals surface area contributed by atoms with Crippen LogP contribution in [0.3, 0.4) is 0 Å². The van der Waals surface area contributed by atoms with E-state index >= 15 is 0 Å². The highest BCUT2D eigenvalue weighted by atomic mass is 32.2. The molecule has 0 aliphatic heterocycles. The van der Waals surface area contributed by atoms with Gasteiger partial charge in [-0.3, -0.25) is 9.36 Å². The van der Waals surface area contributed by atoms with Gasteiger partial charge in [0.15, 0.2) is 5.16 Å². The summed E-state index contributed by atoms with van der Waals surface area (Å²) in [6, 6.07) is 0.376. The second kappa shape index (κ2) is 9.30. The van der Waals surface area contributed by atoms with Gasteiger partial charge >= 0.3 is 5.69 Å². The minimum atomic E-state index is -0.234. The summed E-state index contributed by atoms with van der Waals surface area (Å²) in [5, 5.41) is 7.00. The molecule has 7 heteroatoms. The quantitative estimate of drug-likeness (QED) is 0.729. The molecule has 0 aromatic carbocycles. The molecule has 1 atom stereocenters. The maximum atomic E-state index is 12.9. The lowest BCUT2D eigenvalue weighted by Gasteiger charge is -2.35. The molecule has 1 unspecified atom stereocenters. The van der Waals surface area contributed by atoms with Crippen LogP contribution in [0.4, 0.5) is 0 Å². The summed E-state index contributed by atoms with van der Waals surface area (Å²) in [7, 11) is 0. The van der Waals surface area contributed by atoms with Crippen molar-refractivity contribution in [3.8, 4) is 0 Å². The first-order valence-corrected chi connectivity index (χ1v) is 10.1. The molecule has 0 bridgehead atoms. The van der Waals surface area contributed by atoms with Crippen LogP contribution in [0.1, 0.15) is 65.7 Å². The second-order valence-electron chi connectivity index (χ2n) is 6.49. The zero-order chi connectivity index (χ0) is 17.5. The number of aromatic amines is 1. The van der Waals surface area contributed by atoms with Crippen LogP contribution in [0.5, 0.6) is 0 Å². The van der Waals surface area contributed by atoms with Gasteiger partial charge in [-0.2, -0.15) is 0 Å². The van der Waals surface area contributed by atoms with Crippen molar-refractivity contribution in [1.29, 1.82) is 0 Å². The zero-order valence-corrected chi connectivity index (χ0v) is 15.9. The third-order valence-electron chi connectivity index (χ3n) is 4.73. The summed E-state index contributed by atoms with van der Waals surface area (Å²) in [6.45, 7) is 7.46. The van der Waals surface area contributed by atoms with E-state index in [1.807, 2.05) is 11.8 Å². The molecule has 1 aliphatic rings. The molecule has 0 saturated heterocycles. The predicted molar refractivity (Wildman–Crippen MR) is 97.3 cm³/mol. The van der Waals surface area contributed by atoms with E-state index in [1.54, 1.807) is 4.57 Å². The van der Waals surface area contributed by atoms with Crippen LogP contribution in [-0.2, 0) is 11.3 Å². The molecule has 0 radical (unpaired) electrons. The number of carbonyl (C=O) groups is 1. The predicted octanol–water partition coefficient (Wildman–Crippen LogP) is 3.03. The topological polar surface area (TPSA) is 71.0 Å². The summed E-state index contributed by atoms with van der Waals surface area (Å²) in [6.07, 6.45) is 7.88. The first-order valence-electron chi connectivity index (χ1n) is 9.20. The SMILES string of the molecule is CCCCn1c(SC(C)C(=O)N(CC)C2CCCCC2)n[nH]c1=O. The fourth-order valence-electron chi connectivity index (χ4n) is 3.34. The van der Waals surface area contributed by atoms with Gasteiger partial charge in [-0.15, -0.1) is 5.10 Å². The van der Waals surface area contributed by atoms with Crippen LogP contribution in [-0.4, -0.2) is 43.4 Å². The number of amides is 1. The van der Waals surface area contributed by atoms with Crippen LogP contribution in [0.25, 0.3) is 0 Å². The minimum absolute atomic E-state index is 0.159. The highest BCUT2D eigenvalue weighted by Gasteiger charge is 2.28. The smallest absolute Gasteiger partial charge is 0.339 e. The van der Waals surface area contributed by atoms with E-state index in [0.29, 0.717) is 17.7 Å². The van der Waals surface area contributed by atoms with Crippen molar-refractivity contribution >= 4 is 17.7 Å². The number of H-pyrrole nitrogens is 1. The molecule has 1 N–H and O–H groups in total. The lowest BCUT2D eigenvalue weighted by atomic mass is 9.94. The number of aromatic nitrogens is 3. The molecule has 1 aromatic rings. The number of carbonyl (C=O) groups excluding carboxylic acids is 1. The highest BCUT2D eigenvalue weighted by molar-refractivity contribution is 8.00. The van der Waals surface area contributed by atoms with Gasteiger partial charge < -0.3 is 4.90 Å². The number of thioether (sulfide) groups is 1. The van der Waals surface area contributed by atoms with Gasteiger partial charge in [0.1, 0.15) is 0 Å². The van der Waals surface area contributed by atoms with E-state index in [4.69, 9.17) is 0 Å². The van der Waals surface area contributed by atoms with Crippen LogP contribution >= 0.6 is 11.8 Å². The number of rotatable bonds is 8. The van der Waals surface area contributed by atoms with Crippen LogP contribution in [0.15, 0.2) is 9.95 Å². The van der Waals surface area contributed by atoms with Crippen molar-refractivity contribution in [2.45, 2.75) is 88.7 Å². The number of unbranched alkanes of at least 4 members (excludes halogenated alkanes) is 1. The lowest BCUT2D eigenvalue weighted by molar-refractivity contribution is -0.133. The molecule has 1 heterocycles. The number of nitrogens with one attached hydrogen (secondary N) is 1. The van der Waals surface area contributed by atoms with E-state index in [1.165, 1.54) is 31.0 Å². The van der Waals surface area contributed by atoms with Gasteiger partial charge in [0.2, 0.25) is 5.91 Å². The summed E-state index contributed by atoms with van der Waals surface area (Å²) < 4.78 is 1.65. The molecule has 24 heavy (non-hydrogen) atoms. The third kappa shape index (κ3) is 4.65. The summed E-state index contributed by atoms with van der Waals surface area (Å²) in [4.78, 5) is 26.8. The molecule has 136 valence electrons. The fraction of sp³-hybridized carbons (Fsp3) is 0.824. The molecular weight excluding hydrogens is 324 g/mol. The monoisotopic (exact) mass is 354 g/mol. The van der Waals surface area contributed by atoms with Gasteiger partial charge in [0, 0.05) is 19.1 Å². The fourth-order valence-corrected chi connectivity index (χ4v) is 4.29. The Morgan fingerprint density at radius 3 is 2.71 bits per heavy atom. The normalized spacial score (nSPS) is 17.0. The van der Waals surface area contributed by atoms with E-state index in [2.05, 4.69) is 24.0 Å². The van der Waals surface area contributed by atoms with Gasteiger partial charge in [0.05, 0.1) is 5.25 Å². The largest absolute Gasteiger partial charge is 0.343 e. The summed E-state index contributed by atoms with van der Waals surface area (Å²) >= 11 is 1.39. The molecule has 1 saturated carbocycles. The van der Waals surface area contributed by atoms with E-state index in [-0.39, 0.29) is 16.8 Å². The Balaban J connectivity index is 2.03. The van der Waals surface area contributed by atoms with E-state index in [9.17, 15) is 9.59 Å². The third-order valence-corrected chi connectivity index (χ3v) is 5.81. The molecule has 1 amide bonds. The van der Waals surface area contributed by atoms with E-state index < -0.39 is 0 Å². The summed E-state index contributed by atoms with van der Waals surface area (Å²) in [5.41, 5.74) is -0.190. The molecule has 0 spiro atoms. The minimum Gasteiger partial charge on any atom is -0.339 e. The average molecular weight is 355 g/mol. The Morgan fingerprint density at radius 2 is 2.08 bits per heavy atom. The molecule has 6 nitrogen and oxygen atoms in total. The van der Waals surface area contributed by atoms with Crippen molar-refractivity contribution in [3.05, 3.63) is 10.5 Å². The molecule has 1 aromatic heterocycles. The first-order chi connectivity index (χ1) is 11.6. The van der Waals surface area contributed by atoms with Gasteiger partial charge in [-0.05, 0) is 33.1 Å². The highest BCUT2D eigenvalue weighted by Crippen LogP contribution is 2.27. The Hall–Kier alpha value is -1.24. The maximum absolute atomic E-state index is 12.9. The van der Waals surface area contributed by atoms with Crippen molar-refractivity contribution in [2.24, 2.45) is 0 Å². The zero-order valence-electron chi connectivity index (χ0n) is 15.1. The average Bonchev–Trinajstić information content (AvgIpc) is 2.94. The van der Waals surface area contributed by atoms with Crippen molar-refractivity contribution in [1.82, 2.24) is 19.7 Å². The van der Waals surface area contributed by atoms with Crippen molar-refractivity contribution in [3.63, 3.8) is 0 Å². The van der Waals surface area contributed by atoms with Gasteiger partial charge in [0.25, 0.3) is 0 Å². The molecule has 1 fully saturated rings. The van der Waals surface area contributed by atoms with Gasteiger partial charge in [-0.25, -0.2) is 9.89 Å². The van der Waals surface area contributed by atoms with Crippen LogP contribution in [0, 0.1) is 0 Å². The summed E-state index contributed by atoms with van der Waals surface area (Å²) in [5.74, 6) is 0.159. The molecule has 1 aliphatic carbocycles. The molecular formula is C17H30N4O2S. The first kappa shape index (κ1) is 19.1. The number of hydrogen-bond donors (Lipinski definition) is 1. The standard InChI is InChI=1S/C17H30N4O2S/c1-4-6-12-21-16(23)18-19-17(21)24-13(3)15(22)20(5-2)14-10-8-7-9-11-14/h13-14H,4-12H2,1-3H3,(H,18,23). The van der Waals surface area contributed by atoms with Crippen molar-refractivity contribution < 1.29 is 4.79 Å². The second-order valence-corrected chi connectivity index (χ2v) is 7.80. The van der Waals surface area contributed by atoms with Crippen LogP contribution < -0.4 is 5.69 Å². The van der Waals surface area contributed by atoms with Crippen molar-refractivity contribution in [2.75, 3.05) is 6.54 Å². The van der Waals surface area contributed by atoms with E-state index in [0.717, 1.165) is 32.2 Å².